The molecular formula is C31H33Cl2N5O4. The fourth-order valence-corrected chi connectivity index (χ4v) is 6.09. The van der Waals surface area contributed by atoms with Crippen LogP contribution >= 0.6 is 23.2 Å². The lowest BCUT2D eigenvalue weighted by Gasteiger charge is -2.38. The molecule has 1 atom stereocenters. The highest BCUT2D eigenvalue weighted by atomic mass is 35.5. The van der Waals surface area contributed by atoms with Crippen LogP contribution in [-0.2, 0) is 11.3 Å². The number of rotatable bonds is 5. The number of ether oxygens (including phenoxy) is 1. The number of hydrogen-bond acceptors (Lipinski definition) is 6. The number of aromatic nitrogens is 3. The topological polar surface area (TPSA) is 102 Å². The number of nitrogens with one attached hydrogen (secondary N) is 1. The number of halogens is 2. The van der Waals surface area contributed by atoms with Crippen molar-refractivity contribution in [3.05, 3.63) is 92.6 Å². The number of piperidine rings is 1. The van der Waals surface area contributed by atoms with Crippen molar-refractivity contribution < 1.29 is 14.6 Å². The van der Waals surface area contributed by atoms with Gasteiger partial charge >= 0.3 is 0 Å². The van der Waals surface area contributed by atoms with Crippen molar-refractivity contribution in [3.63, 3.8) is 0 Å². The van der Waals surface area contributed by atoms with Crippen LogP contribution in [0.3, 0.4) is 0 Å². The van der Waals surface area contributed by atoms with E-state index in [9.17, 15) is 14.7 Å². The van der Waals surface area contributed by atoms with Crippen LogP contribution in [0.1, 0.15) is 48.7 Å². The number of benzene rings is 2. The SMILES string of the molecule is CC1(C)CN[C@H](c2ccc(-n3c(Cl)cc4c(=O)n(CC5(O)CCN(C(=O)c6ccc(Cl)cc6)CC5)cnc43)cc2)CO1. The average Bonchev–Trinajstić information content (AvgIpc) is 3.31. The fraction of sp³-hybridized carbons (Fsp3) is 0.387. The van der Waals surface area contributed by atoms with E-state index >= 15 is 0 Å². The molecule has 2 saturated heterocycles. The molecule has 0 bridgehead atoms. The fourth-order valence-electron chi connectivity index (χ4n) is 5.68. The van der Waals surface area contributed by atoms with E-state index in [1.54, 1.807) is 39.8 Å². The molecule has 1 amide bonds. The third kappa shape index (κ3) is 5.72. The zero-order valence-corrected chi connectivity index (χ0v) is 25.0. The maximum Gasteiger partial charge on any atom is 0.262 e. The van der Waals surface area contributed by atoms with Crippen molar-refractivity contribution in [2.45, 2.75) is 50.5 Å². The smallest absolute Gasteiger partial charge is 0.262 e. The van der Waals surface area contributed by atoms with Gasteiger partial charge in [0.15, 0.2) is 5.65 Å². The van der Waals surface area contributed by atoms with Crippen LogP contribution in [0.4, 0.5) is 0 Å². The normalized spacial score (nSPS) is 20.1. The number of likely N-dealkylation sites (tertiary alicyclic amines) is 1. The molecule has 2 aromatic carbocycles. The van der Waals surface area contributed by atoms with Gasteiger partial charge in [0.25, 0.3) is 11.5 Å². The number of hydrogen-bond donors (Lipinski definition) is 2. The maximum absolute atomic E-state index is 13.5. The Hall–Kier alpha value is -3.21. The molecule has 2 aromatic heterocycles. The van der Waals surface area contributed by atoms with Gasteiger partial charge in [-0.3, -0.25) is 18.7 Å². The lowest BCUT2D eigenvalue weighted by Crippen LogP contribution is -2.49. The summed E-state index contributed by atoms with van der Waals surface area (Å²) in [6.45, 7) is 6.30. The third-order valence-electron chi connectivity index (χ3n) is 8.25. The van der Waals surface area contributed by atoms with Gasteiger partial charge in [-0.25, -0.2) is 4.98 Å². The predicted octanol–water partition coefficient (Wildman–Crippen LogP) is 4.60. The van der Waals surface area contributed by atoms with Crippen molar-refractivity contribution in [2.24, 2.45) is 0 Å². The maximum atomic E-state index is 13.5. The monoisotopic (exact) mass is 609 g/mol. The van der Waals surface area contributed by atoms with Crippen molar-refractivity contribution >= 4 is 40.1 Å². The molecule has 11 heteroatoms. The van der Waals surface area contributed by atoms with Gasteiger partial charge in [-0.2, -0.15) is 0 Å². The summed E-state index contributed by atoms with van der Waals surface area (Å²) in [5.41, 5.74) is 1.28. The Morgan fingerprint density at radius 3 is 2.43 bits per heavy atom. The summed E-state index contributed by atoms with van der Waals surface area (Å²) >= 11 is 12.6. The van der Waals surface area contributed by atoms with Gasteiger partial charge < -0.3 is 20.1 Å². The summed E-state index contributed by atoms with van der Waals surface area (Å²) in [7, 11) is 0. The van der Waals surface area contributed by atoms with Gasteiger partial charge in [-0.15, -0.1) is 0 Å². The first-order valence-corrected chi connectivity index (χ1v) is 14.8. The number of aliphatic hydroxyl groups is 1. The first kappa shape index (κ1) is 28.9. The molecule has 0 unspecified atom stereocenters. The largest absolute Gasteiger partial charge is 0.388 e. The molecule has 0 saturated carbocycles. The first-order chi connectivity index (χ1) is 20.0. The molecule has 6 rings (SSSR count). The Kier molecular flexibility index (Phi) is 7.66. The zero-order valence-electron chi connectivity index (χ0n) is 23.5. The number of amides is 1. The molecular weight excluding hydrogens is 577 g/mol. The molecule has 2 fully saturated rings. The molecule has 4 heterocycles. The Bertz CT molecular complexity index is 1660. The van der Waals surface area contributed by atoms with Crippen LogP contribution < -0.4 is 10.9 Å². The summed E-state index contributed by atoms with van der Waals surface area (Å²) in [4.78, 5) is 32.6. The molecule has 0 aliphatic carbocycles. The summed E-state index contributed by atoms with van der Waals surface area (Å²) in [5, 5.41) is 16.2. The van der Waals surface area contributed by atoms with Gasteiger partial charge in [0, 0.05) is 35.9 Å². The molecule has 4 aromatic rings. The second-order valence-corrected chi connectivity index (χ2v) is 12.7. The van der Waals surface area contributed by atoms with E-state index in [0.29, 0.717) is 59.3 Å². The van der Waals surface area contributed by atoms with E-state index < -0.39 is 5.60 Å². The number of fused-ring (bicyclic) bond motifs is 1. The summed E-state index contributed by atoms with van der Waals surface area (Å²) in [6.07, 6.45) is 2.13. The average molecular weight is 611 g/mol. The third-order valence-corrected chi connectivity index (χ3v) is 8.78. The quantitative estimate of drug-likeness (QED) is 0.343. The Morgan fingerprint density at radius 2 is 1.79 bits per heavy atom. The predicted molar refractivity (Wildman–Crippen MR) is 163 cm³/mol. The van der Waals surface area contributed by atoms with Gasteiger partial charge in [-0.1, -0.05) is 35.3 Å². The van der Waals surface area contributed by atoms with Crippen LogP contribution in [0.25, 0.3) is 16.7 Å². The van der Waals surface area contributed by atoms with Crippen LogP contribution in [0.2, 0.25) is 10.2 Å². The Morgan fingerprint density at radius 1 is 1.10 bits per heavy atom. The van der Waals surface area contributed by atoms with E-state index in [2.05, 4.69) is 24.1 Å². The van der Waals surface area contributed by atoms with Crippen LogP contribution in [-0.4, -0.2) is 67.5 Å². The Labute approximate surface area is 253 Å². The van der Waals surface area contributed by atoms with Crippen molar-refractivity contribution in [1.29, 1.82) is 0 Å². The number of carbonyl (C=O) groups is 1. The molecule has 0 spiro atoms. The summed E-state index contributed by atoms with van der Waals surface area (Å²) in [5.74, 6) is -0.106. The molecule has 0 radical (unpaired) electrons. The number of carbonyl (C=O) groups excluding carboxylic acids is 1. The van der Waals surface area contributed by atoms with Gasteiger partial charge in [0.05, 0.1) is 35.8 Å². The molecule has 42 heavy (non-hydrogen) atoms. The van der Waals surface area contributed by atoms with E-state index in [1.807, 2.05) is 24.3 Å². The van der Waals surface area contributed by atoms with Crippen LogP contribution in [0, 0.1) is 0 Å². The lowest BCUT2D eigenvalue weighted by molar-refractivity contribution is -0.0586. The van der Waals surface area contributed by atoms with Crippen LogP contribution in [0.5, 0.6) is 0 Å². The zero-order chi connectivity index (χ0) is 29.6. The van der Waals surface area contributed by atoms with Gasteiger partial charge in [0.1, 0.15) is 11.5 Å². The molecule has 9 nitrogen and oxygen atoms in total. The van der Waals surface area contributed by atoms with Crippen molar-refractivity contribution in [1.82, 2.24) is 24.3 Å². The number of nitrogens with zero attached hydrogens (tertiary/aromatic N) is 4. The summed E-state index contributed by atoms with van der Waals surface area (Å²) in [6, 6.07) is 16.4. The minimum atomic E-state index is -1.15. The highest BCUT2D eigenvalue weighted by Gasteiger charge is 2.35. The Balaban J connectivity index is 1.17. The van der Waals surface area contributed by atoms with E-state index in [4.69, 9.17) is 27.9 Å². The second kappa shape index (κ2) is 11.1. The van der Waals surface area contributed by atoms with E-state index in [0.717, 1.165) is 17.8 Å². The minimum Gasteiger partial charge on any atom is -0.388 e. The van der Waals surface area contributed by atoms with Gasteiger partial charge in [-0.05, 0) is 74.7 Å². The highest BCUT2D eigenvalue weighted by Crippen LogP contribution is 2.29. The highest BCUT2D eigenvalue weighted by molar-refractivity contribution is 6.31. The molecule has 2 aliphatic rings. The lowest BCUT2D eigenvalue weighted by atomic mass is 9.91. The van der Waals surface area contributed by atoms with E-state index in [1.165, 1.54) is 10.9 Å². The summed E-state index contributed by atoms with van der Waals surface area (Å²) < 4.78 is 9.14. The standard InChI is InChI=1S/C31H33Cl2N5O4/c1-30(2)17-34-25(16-42-30)20-5-9-23(10-6-20)38-26(33)15-24-27(38)35-19-37(29(24)40)18-31(41)11-13-36(14-12-31)28(39)21-3-7-22(32)8-4-21/h3-10,15,19,25,34,41H,11-14,16-18H2,1-2H3/t25-/m0/s1. The molecule has 2 N–H and O–H groups in total. The van der Waals surface area contributed by atoms with Crippen molar-refractivity contribution in [2.75, 3.05) is 26.2 Å². The minimum absolute atomic E-state index is 0.0719. The molecule has 220 valence electrons. The number of morpholine rings is 1. The van der Waals surface area contributed by atoms with Gasteiger partial charge in [0.2, 0.25) is 0 Å². The van der Waals surface area contributed by atoms with E-state index in [-0.39, 0.29) is 29.7 Å². The van der Waals surface area contributed by atoms with Crippen molar-refractivity contribution in [3.8, 4) is 5.69 Å². The van der Waals surface area contributed by atoms with Crippen LogP contribution in [0.15, 0.2) is 65.7 Å². The molecule has 2 aliphatic heterocycles. The second-order valence-electron chi connectivity index (χ2n) is 11.8. The first-order valence-electron chi connectivity index (χ1n) is 14.0.